The summed E-state index contributed by atoms with van der Waals surface area (Å²) in [7, 11) is 0. The fourth-order valence-electron chi connectivity index (χ4n) is 5.97. The van der Waals surface area contributed by atoms with Gasteiger partial charge in [-0.2, -0.15) is 0 Å². The van der Waals surface area contributed by atoms with Crippen molar-refractivity contribution in [1.82, 2.24) is 15.1 Å². The Kier molecular flexibility index (Phi) is 7.45. The lowest BCUT2D eigenvalue weighted by atomic mass is 9.88. The van der Waals surface area contributed by atoms with Crippen molar-refractivity contribution in [2.45, 2.75) is 25.7 Å². The Hall–Kier alpha value is -2.76. The molecular weight excluding hydrogens is 437 g/mol. The van der Waals surface area contributed by atoms with Gasteiger partial charge in [0, 0.05) is 31.7 Å². The lowest BCUT2D eigenvalue weighted by Crippen LogP contribution is -2.40. The third-order valence-corrected chi connectivity index (χ3v) is 7.96. The van der Waals surface area contributed by atoms with E-state index in [1.807, 2.05) is 36.4 Å². The smallest absolute Gasteiger partial charge is 0.254 e. The van der Waals surface area contributed by atoms with Crippen molar-refractivity contribution in [3.8, 4) is 0 Å². The number of fused-ring (bicyclic) bond motifs is 1. The summed E-state index contributed by atoms with van der Waals surface area (Å²) in [5.41, 5.74) is 2.06. The molecule has 2 heterocycles. The molecule has 2 aliphatic heterocycles. The Morgan fingerprint density at radius 2 is 1.66 bits per heavy atom. The zero-order chi connectivity index (χ0) is 24.2. The van der Waals surface area contributed by atoms with E-state index in [-0.39, 0.29) is 11.7 Å². The Bertz CT molecular complexity index is 1130. The van der Waals surface area contributed by atoms with Crippen LogP contribution < -0.4 is 5.32 Å². The molecule has 35 heavy (non-hydrogen) atoms. The first-order valence-corrected chi connectivity index (χ1v) is 13.1. The average Bonchev–Trinajstić information content (AvgIpc) is 3.30. The summed E-state index contributed by atoms with van der Waals surface area (Å²) in [6, 6.07) is 21.2. The third-order valence-electron chi connectivity index (χ3n) is 7.96. The predicted octanol–water partition coefficient (Wildman–Crippen LogP) is 5.16. The maximum atomic E-state index is 13.6. The van der Waals surface area contributed by atoms with Crippen molar-refractivity contribution in [3.05, 3.63) is 83.7 Å². The minimum Gasteiger partial charge on any atom is -0.338 e. The molecule has 5 heteroatoms. The van der Waals surface area contributed by atoms with E-state index in [0.29, 0.717) is 17.8 Å². The topological polar surface area (TPSA) is 35.6 Å². The van der Waals surface area contributed by atoms with Crippen LogP contribution >= 0.6 is 0 Å². The number of carbonyl (C=O) groups excluding carboxylic acids is 1. The van der Waals surface area contributed by atoms with Gasteiger partial charge in [0.1, 0.15) is 5.82 Å². The molecule has 3 aromatic carbocycles. The lowest BCUT2D eigenvalue weighted by molar-refractivity contribution is 0.0782. The van der Waals surface area contributed by atoms with Crippen molar-refractivity contribution in [2.75, 3.05) is 45.8 Å². The van der Waals surface area contributed by atoms with Crippen molar-refractivity contribution in [1.29, 1.82) is 0 Å². The zero-order valence-corrected chi connectivity index (χ0v) is 20.6. The van der Waals surface area contributed by atoms with Crippen LogP contribution in [0.3, 0.4) is 0 Å². The molecule has 1 N–H and O–H groups in total. The quantitative estimate of drug-likeness (QED) is 0.515. The van der Waals surface area contributed by atoms with E-state index >= 15 is 0 Å². The fourth-order valence-corrected chi connectivity index (χ4v) is 5.97. The highest BCUT2D eigenvalue weighted by atomic mass is 19.1. The fraction of sp³-hybridized carbons (Fsp3) is 0.433. The Morgan fingerprint density at radius 1 is 0.943 bits per heavy atom. The van der Waals surface area contributed by atoms with Gasteiger partial charge in [-0.1, -0.05) is 55.5 Å². The molecule has 0 saturated carbocycles. The first kappa shape index (κ1) is 24.0. The summed E-state index contributed by atoms with van der Waals surface area (Å²) in [6.45, 7) is 8.82. The van der Waals surface area contributed by atoms with E-state index in [0.717, 1.165) is 75.0 Å². The van der Waals surface area contributed by atoms with Gasteiger partial charge < -0.3 is 15.1 Å². The number of nitrogens with zero attached hydrogens (tertiary/aromatic N) is 2. The third kappa shape index (κ3) is 5.41. The second-order valence-corrected chi connectivity index (χ2v) is 10.2. The SMILES string of the molecule is CCNC[C@@H]1CN(C(=O)c2cccc3ccccc23)C[C@H]1CN1CCC(c2ccc(F)cc2)CC1. The van der Waals surface area contributed by atoms with Gasteiger partial charge in [0.15, 0.2) is 0 Å². The van der Waals surface area contributed by atoms with Crippen molar-refractivity contribution in [2.24, 2.45) is 11.8 Å². The van der Waals surface area contributed by atoms with Gasteiger partial charge in [-0.25, -0.2) is 4.39 Å². The number of piperidine rings is 1. The first-order valence-electron chi connectivity index (χ1n) is 13.1. The minimum absolute atomic E-state index is 0.154. The molecule has 2 aliphatic rings. The van der Waals surface area contributed by atoms with E-state index < -0.39 is 0 Å². The number of halogens is 1. The van der Waals surface area contributed by atoms with E-state index in [4.69, 9.17) is 0 Å². The molecule has 3 aromatic rings. The standard InChI is InChI=1S/C30H36FN3O/c1-2-32-18-25-20-34(30(35)29-9-5-7-24-6-3-4-8-28(24)29)21-26(25)19-33-16-14-23(15-17-33)22-10-12-27(31)13-11-22/h3-13,23,25-26,32H,2,14-21H2,1H3/t25-,26-/m1/s1. The molecule has 1 amide bonds. The van der Waals surface area contributed by atoms with E-state index in [9.17, 15) is 9.18 Å². The largest absolute Gasteiger partial charge is 0.338 e. The second kappa shape index (κ2) is 10.9. The molecule has 0 spiro atoms. The number of amides is 1. The molecule has 2 saturated heterocycles. The van der Waals surface area contributed by atoms with Gasteiger partial charge in [0.2, 0.25) is 0 Å². The molecule has 2 atom stereocenters. The summed E-state index contributed by atoms with van der Waals surface area (Å²) < 4.78 is 13.3. The van der Waals surface area contributed by atoms with Crippen LogP contribution in [-0.4, -0.2) is 61.5 Å². The van der Waals surface area contributed by atoms with Crippen LogP contribution in [0.5, 0.6) is 0 Å². The number of benzene rings is 3. The molecule has 0 unspecified atom stereocenters. The van der Waals surface area contributed by atoms with Crippen LogP contribution in [0, 0.1) is 17.7 Å². The van der Waals surface area contributed by atoms with E-state index in [1.54, 1.807) is 12.1 Å². The maximum absolute atomic E-state index is 13.6. The molecule has 0 aliphatic carbocycles. The number of likely N-dealkylation sites (tertiary alicyclic amines) is 2. The zero-order valence-electron chi connectivity index (χ0n) is 20.6. The molecule has 0 bridgehead atoms. The van der Waals surface area contributed by atoms with Crippen LogP contribution in [0.2, 0.25) is 0 Å². The Balaban J connectivity index is 1.24. The van der Waals surface area contributed by atoms with Gasteiger partial charge in [0.05, 0.1) is 0 Å². The second-order valence-electron chi connectivity index (χ2n) is 10.2. The van der Waals surface area contributed by atoms with Gasteiger partial charge in [-0.15, -0.1) is 0 Å². The van der Waals surface area contributed by atoms with Gasteiger partial charge in [-0.3, -0.25) is 4.79 Å². The first-order chi connectivity index (χ1) is 17.1. The molecule has 0 aromatic heterocycles. The molecule has 0 radical (unpaired) electrons. The van der Waals surface area contributed by atoms with Crippen molar-refractivity contribution in [3.63, 3.8) is 0 Å². The van der Waals surface area contributed by atoms with Crippen LogP contribution in [0.4, 0.5) is 4.39 Å². The number of nitrogens with one attached hydrogen (secondary N) is 1. The van der Waals surface area contributed by atoms with Gasteiger partial charge in [0.25, 0.3) is 5.91 Å². The molecule has 5 rings (SSSR count). The number of hydrogen-bond donors (Lipinski definition) is 1. The molecular formula is C30H36FN3O. The average molecular weight is 474 g/mol. The lowest BCUT2D eigenvalue weighted by Gasteiger charge is -2.34. The van der Waals surface area contributed by atoms with Crippen LogP contribution in [0.15, 0.2) is 66.7 Å². The van der Waals surface area contributed by atoms with E-state index in [1.165, 1.54) is 5.56 Å². The molecule has 4 nitrogen and oxygen atoms in total. The molecule has 2 fully saturated rings. The highest BCUT2D eigenvalue weighted by Gasteiger charge is 2.37. The summed E-state index contributed by atoms with van der Waals surface area (Å²) in [6.07, 6.45) is 2.21. The van der Waals surface area contributed by atoms with Crippen LogP contribution in [-0.2, 0) is 0 Å². The highest BCUT2D eigenvalue weighted by molar-refractivity contribution is 6.07. The molecule has 184 valence electrons. The number of hydrogen-bond acceptors (Lipinski definition) is 3. The van der Waals surface area contributed by atoms with Crippen LogP contribution in [0.25, 0.3) is 10.8 Å². The summed E-state index contributed by atoms with van der Waals surface area (Å²) in [5, 5.41) is 5.68. The summed E-state index contributed by atoms with van der Waals surface area (Å²) in [5.74, 6) is 1.43. The Labute approximate surface area is 208 Å². The number of carbonyl (C=O) groups is 1. The summed E-state index contributed by atoms with van der Waals surface area (Å²) >= 11 is 0. The normalized spacial score (nSPS) is 21.6. The maximum Gasteiger partial charge on any atom is 0.254 e. The summed E-state index contributed by atoms with van der Waals surface area (Å²) in [4.78, 5) is 18.3. The number of rotatable bonds is 7. The Morgan fingerprint density at radius 3 is 2.43 bits per heavy atom. The predicted molar refractivity (Wildman–Crippen MR) is 140 cm³/mol. The van der Waals surface area contributed by atoms with Gasteiger partial charge >= 0.3 is 0 Å². The van der Waals surface area contributed by atoms with Crippen LogP contribution in [0.1, 0.15) is 41.6 Å². The van der Waals surface area contributed by atoms with Gasteiger partial charge in [-0.05, 0) is 84.8 Å². The van der Waals surface area contributed by atoms with Crippen molar-refractivity contribution < 1.29 is 9.18 Å². The monoisotopic (exact) mass is 473 g/mol. The van der Waals surface area contributed by atoms with Crippen molar-refractivity contribution >= 4 is 16.7 Å². The highest BCUT2D eigenvalue weighted by Crippen LogP contribution is 2.32. The van der Waals surface area contributed by atoms with E-state index in [2.05, 4.69) is 40.2 Å². The minimum atomic E-state index is -0.165.